The molecule has 0 atom stereocenters. The zero-order valence-corrected chi connectivity index (χ0v) is 24.2. The molecule has 2 aliphatic heterocycles. The summed E-state index contributed by atoms with van der Waals surface area (Å²) < 4.78 is 42.5. The van der Waals surface area contributed by atoms with Gasteiger partial charge in [0.1, 0.15) is 5.52 Å². The molecule has 0 unspecified atom stereocenters. The molecular formula is C29H38Cl2F3N5. The number of hydrogen-bond donors (Lipinski definition) is 0. The standard InChI is InChI=1S/C29H36F3N5.2ClH/c1-21-19-22(2)33-27-26(21)34-28(29(30,31)32)37(27)20-24-10-8-23(9-11-24)7-6-14-35-17-12-25(13-18-35)36-15-4-3-5-16-36;;/h6-11,19,25H,3-5,12-18,20H2,1-2H3;2*1H/b7-6+;;. The third-order valence-electron chi connectivity index (χ3n) is 7.73. The van der Waals surface area contributed by atoms with E-state index in [-0.39, 0.29) is 37.0 Å². The van der Waals surface area contributed by atoms with Crippen LogP contribution < -0.4 is 0 Å². The molecule has 10 heteroatoms. The van der Waals surface area contributed by atoms with E-state index in [2.05, 4.69) is 31.9 Å². The van der Waals surface area contributed by atoms with Gasteiger partial charge in [-0.2, -0.15) is 13.2 Å². The summed E-state index contributed by atoms with van der Waals surface area (Å²) in [6.07, 6.45) is 6.32. The zero-order chi connectivity index (χ0) is 26.0. The highest BCUT2D eigenvalue weighted by molar-refractivity contribution is 5.85. The first-order chi connectivity index (χ1) is 17.8. The van der Waals surface area contributed by atoms with Gasteiger partial charge in [-0.3, -0.25) is 4.90 Å². The van der Waals surface area contributed by atoms with Crippen molar-refractivity contribution in [2.45, 2.75) is 64.7 Å². The molecule has 0 bridgehead atoms. The Bertz CT molecular complexity index is 1240. The number of imidazole rings is 1. The average Bonchev–Trinajstić information content (AvgIpc) is 3.25. The molecule has 4 heterocycles. The van der Waals surface area contributed by atoms with Crippen molar-refractivity contribution in [3.05, 3.63) is 64.6 Å². The molecule has 0 N–H and O–H groups in total. The van der Waals surface area contributed by atoms with Gasteiger partial charge >= 0.3 is 6.18 Å². The monoisotopic (exact) mass is 583 g/mol. The highest BCUT2D eigenvalue weighted by Gasteiger charge is 2.38. The van der Waals surface area contributed by atoms with Crippen LogP contribution in [0, 0.1) is 13.8 Å². The lowest BCUT2D eigenvalue weighted by atomic mass is 10.00. The number of nitrogens with zero attached hydrogens (tertiary/aromatic N) is 5. The summed E-state index contributed by atoms with van der Waals surface area (Å²) in [5, 5.41) is 0. The fraction of sp³-hybridized carbons (Fsp3) is 0.517. The topological polar surface area (TPSA) is 37.2 Å². The molecule has 39 heavy (non-hydrogen) atoms. The minimum atomic E-state index is -4.55. The first-order valence-electron chi connectivity index (χ1n) is 13.4. The Morgan fingerprint density at radius 3 is 2.23 bits per heavy atom. The Kier molecular flexibility index (Phi) is 10.9. The molecule has 2 aliphatic rings. The van der Waals surface area contributed by atoms with Crippen molar-refractivity contribution in [2.75, 3.05) is 32.7 Å². The number of aryl methyl sites for hydroxylation is 2. The highest BCUT2D eigenvalue weighted by atomic mass is 35.5. The number of rotatable bonds is 6. The molecule has 0 spiro atoms. The maximum absolute atomic E-state index is 13.8. The maximum atomic E-state index is 13.8. The summed E-state index contributed by atoms with van der Waals surface area (Å²) in [7, 11) is 0. The van der Waals surface area contributed by atoms with E-state index in [9.17, 15) is 13.2 Å². The van der Waals surface area contributed by atoms with Gasteiger partial charge in [0.25, 0.3) is 0 Å². The molecule has 1 aromatic carbocycles. The van der Waals surface area contributed by atoms with Gasteiger partial charge in [0, 0.05) is 18.3 Å². The van der Waals surface area contributed by atoms with E-state index in [4.69, 9.17) is 0 Å². The number of hydrogen-bond acceptors (Lipinski definition) is 4. The molecule has 5 rings (SSSR count). The van der Waals surface area contributed by atoms with E-state index in [1.54, 1.807) is 19.9 Å². The SMILES string of the molecule is Cc1cc(C)c2nc(C(F)(F)F)n(Cc3ccc(/C=C/CN4CCC(N5CCCCC5)CC4)cc3)c2n1.Cl.Cl. The van der Waals surface area contributed by atoms with E-state index in [0.29, 0.717) is 16.8 Å². The van der Waals surface area contributed by atoms with E-state index in [0.717, 1.165) is 36.8 Å². The van der Waals surface area contributed by atoms with Crippen molar-refractivity contribution in [2.24, 2.45) is 0 Å². The second kappa shape index (κ2) is 13.5. The van der Waals surface area contributed by atoms with Crippen molar-refractivity contribution < 1.29 is 13.2 Å². The smallest absolute Gasteiger partial charge is 0.301 e. The second-order valence-corrected chi connectivity index (χ2v) is 10.5. The van der Waals surface area contributed by atoms with Crippen LogP contribution in [-0.2, 0) is 12.7 Å². The Morgan fingerprint density at radius 2 is 1.59 bits per heavy atom. The van der Waals surface area contributed by atoms with Crippen LogP contribution in [0.4, 0.5) is 13.2 Å². The number of halogens is 5. The maximum Gasteiger partial charge on any atom is 0.449 e. The first-order valence-corrected chi connectivity index (χ1v) is 13.4. The van der Waals surface area contributed by atoms with Gasteiger partial charge in [0.15, 0.2) is 5.65 Å². The lowest BCUT2D eigenvalue weighted by Crippen LogP contribution is -2.46. The lowest BCUT2D eigenvalue weighted by molar-refractivity contribution is -0.146. The Hall–Kier alpha value is -2.13. The van der Waals surface area contributed by atoms with Crippen LogP contribution in [0.2, 0.25) is 0 Å². The third kappa shape index (κ3) is 7.54. The first kappa shape index (κ1) is 31.4. The summed E-state index contributed by atoms with van der Waals surface area (Å²) in [6, 6.07) is 10.2. The van der Waals surface area contributed by atoms with Gasteiger partial charge in [-0.05, 0) is 88.5 Å². The molecule has 0 saturated carbocycles. The number of pyridine rings is 1. The van der Waals surface area contributed by atoms with Crippen LogP contribution in [0.25, 0.3) is 17.2 Å². The van der Waals surface area contributed by atoms with Gasteiger partial charge in [-0.1, -0.05) is 42.8 Å². The molecule has 5 nitrogen and oxygen atoms in total. The molecule has 0 aliphatic carbocycles. The second-order valence-electron chi connectivity index (χ2n) is 10.5. The molecule has 0 amide bonds. The minimum absolute atomic E-state index is 0. The van der Waals surface area contributed by atoms with Crippen molar-refractivity contribution in [3.8, 4) is 0 Å². The van der Waals surface area contributed by atoms with Crippen LogP contribution >= 0.6 is 24.8 Å². The molecular weight excluding hydrogens is 546 g/mol. The van der Waals surface area contributed by atoms with Crippen molar-refractivity contribution in [1.29, 1.82) is 0 Å². The number of piperidine rings is 2. The van der Waals surface area contributed by atoms with E-state index >= 15 is 0 Å². The quantitative estimate of drug-likeness (QED) is 0.315. The number of fused-ring (bicyclic) bond motifs is 1. The average molecular weight is 585 g/mol. The summed E-state index contributed by atoms with van der Waals surface area (Å²) in [5.41, 5.74) is 3.78. The van der Waals surface area contributed by atoms with Gasteiger partial charge in [-0.15, -0.1) is 24.8 Å². The minimum Gasteiger partial charge on any atom is -0.301 e. The Labute approximate surface area is 241 Å². The van der Waals surface area contributed by atoms with Crippen molar-refractivity contribution >= 4 is 42.1 Å². The fourth-order valence-corrected chi connectivity index (χ4v) is 5.77. The summed E-state index contributed by atoms with van der Waals surface area (Å²) in [6.45, 7) is 9.36. The van der Waals surface area contributed by atoms with Crippen LogP contribution in [-0.4, -0.2) is 63.1 Å². The normalized spacial score (nSPS) is 17.9. The van der Waals surface area contributed by atoms with Crippen LogP contribution in [0.15, 0.2) is 36.4 Å². The van der Waals surface area contributed by atoms with Crippen LogP contribution in [0.1, 0.15) is 60.3 Å². The summed E-state index contributed by atoms with van der Waals surface area (Å²) in [4.78, 5) is 13.5. The van der Waals surface area contributed by atoms with E-state index < -0.39 is 12.0 Å². The van der Waals surface area contributed by atoms with Crippen molar-refractivity contribution in [3.63, 3.8) is 0 Å². The fourth-order valence-electron chi connectivity index (χ4n) is 5.77. The largest absolute Gasteiger partial charge is 0.449 e. The molecule has 2 saturated heterocycles. The third-order valence-corrected chi connectivity index (χ3v) is 7.73. The van der Waals surface area contributed by atoms with E-state index in [1.807, 2.05) is 24.3 Å². The molecule has 214 valence electrons. The number of benzene rings is 1. The van der Waals surface area contributed by atoms with E-state index in [1.165, 1.54) is 49.8 Å². The number of likely N-dealkylation sites (tertiary alicyclic amines) is 2. The molecule has 2 fully saturated rings. The number of alkyl halides is 3. The van der Waals surface area contributed by atoms with Crippen LogP contribution in [0.3, 0.4) is 0 Å². The lowest BCUT2D eigenvalue weighted by Gasteiger charge is -2.40. The molecule has 0 radical (unpaired) electrons. The Morgan fingerprint density at radius 1 is 0.923 bits per heavy atom. The molecule has 2 aromatic heterocycles. The van der Waals surface area contributed by atoms with Crippen LogP contribution in [0.5, 0.6) is 0 Å². The summed E-state index contributed by atoms with van der Waals surface area (Å²) >= 11 is 0. The predicted molar refractivity (Wildman–Crippen MR) is 156 cm³/mol. The molecule has 3 aromatic rings. The van der Waals surface area contributed by atoms with Gasteiger partial charge in [0.2, 0.25) is 5.82 Å². The highest BCUT2D eigenvalue weighted by Crippen LogP contribution is 2.32. The van der Waals surface area contributed by atoms with Crippen molar-refractivity contribution in [1.82, 2.24) is 24.3 Å². The predicted octanol–water partition coefficient (Wildman–Crippen LogP) is 6.92. The number of aromatic nitrogens is 3. The van der Waals surface area contributed by atoms with Gasteiger partial charge in [-0.25, -0.2) is 9.97 Å². The summed E-state index contributed by atoms with van der Waals surface area (Å²) in [5.74, 6) is -0.906. The Balaban J connectivity index is 0.00000210. The van der Waals surface area contributed by atoms with Gasteiger partial charge in [0.05, 0.1) is 6.54 Å². The van der Waals surface area contributed by atoms with Gasteiger partial charge < -0.3 is 9.47 Å². The zero-order valence-electron chi connectivity index (χ0n) is 22.6.